The van der Waals surface area contributed by atoms with Crippen LogP contribution in [0.25, 0.3) is 0 Å². The van der Waals surface area contributed by atoms with Crippen molar-refractivity contribution < 1.29 is 4.74 Å². The van der Waals surface area contributed by atoms with Gasteiger partial charge in [-0.25, -0.2) is 4.98 Å². The van der Waals surface area contributed by atoms with Gasteiger partial charge in [0, 0.05) is 30.9 Å². The fourth-order valence-electron chi connectivity index (χ4n) is 3.23. The first-order valence-electron chi connectivity index (χ1n) is 8.70. The molecule has 26 heavy (non-hydrogen) atoms. The number of benzene rings is 1. The monoisotopic (exact) mass is 370 g/mol. The number of pyridine rings is 1. The molecular formula is C20H23ClN4O. The van der Waals surface area contributed by atoms with Gasteiger partial charge in [-0.3, -0.25) is 4.90 Å². The fourth-order valence-corrected chi connectivity index (χ4v) is 3.35. The largest absolute Gasteiger partial charge is 0.373 e. The van der Waals surface area contributed by atoms with Crippen molar-refractivity contribution >= 4 is 17.4 Å². The lowest BCUT2D eigenvalue weighted by molar-refractivity contribution is -0.0963. The summed E-state index contributed by atoms with van der Waals surface area (Å²) in [4.78, 5) is 6.74. The van der Waals surface area contributed by atoms with Gasteiger partial charge in [-0.1, -0.05) is 23.7 Å². The van der Waals surface area contributed by atoms with Crippen LogP contribution in [-0.4, -0.2) is 41.7 Å². The van der Waals surface area contributed by atoms with Gasteiger partial charge in [0.2, 0.25) is 0 Å². The van der Waals surface area contributed by atoms with Gasteiger partial charge in [-0.05, 0) is 43.7 Å². The lowest BCUT2D eigenvalue weighted by atomic mass is 10.0. The highest BCUT2D eigenvalue weighted by molar-refractivity contribution is 6.30. The summed E-state index contributed by atoms with van der Waals surface area (Å²) in [5.41, 5.74) is 1.59. The summed E-state index contributed by atoms with van der Waals surface area (Å²) < 4.78 is 5.86. The van der Waals surface area contributed by atoms with E-state index in [0.29, 0.717) is 18.7 Å². The maximum Gasteiger partial charge on any atom is 0.126 e. The molecule has 2 aromatic rings. The minimum Gasteiger partial charge on any atom is -0.373 e. The Morgan fingerprint density at radius 1 is 1.31 bits per heavy atom. The Morgan fingerprint density at radius 3 is 2.69 bits per heavy atom. The van der Waals surface area contributed by atoms with Gasteiger partial charge < -0.3 is 10.1 Å². The van der Waals surface area contributed by atoms with Crippen LogP contribution >= 0.6 is 11.6 Å². The van der Waals surface area contributed by atoms with Crippen LogP contribution in [0.1, 0.15) is 31.0 Å². The lowest BCUT2D eigenvalue weighted by Gasteiger charge is -2.42. The second-order valence-corrected chi connectivity index (χ2v) is 7.51. The van der Waals surface area contributed by atoms with Crippen molar-refractivity contribution in [3.63, 3.8) is 0 Å². The molecular weight excluding hydrogens is 348 g/mol. The number of morpholine rings is 1. The standard InChI is InChI=1S/C20H23ClN4O/c1-20(2)14-25(9-10-26-20)18(16-4-6-17(21)7-5-16)13-24-19-8-3-15(11-22)12-23-19/h3-8,12,18H,9-10,13-14H2,1-2H3,(H,23,24). The van der Waals surface area contributed by atoms with Crippen molar-refractivity contribution in [2.24, 2.45) is 0 Å². The molecule has 0 radical (unpaired) electrons. The van der Waals surface area contributed by atoms with Gasteiger partial charge in [0.1, 0.15) is 11.9 Å². The van der Waals surface area contributed by atoms with E-state index in [1.54, 1.807) is 12.3 Å². The normalized spacial score (nSPS) is 18.1. The highest BCUT2D eigenvalue weighted by atomic mass is 35.5. The van der Waals surface area contributed by atoms with Crippen molar-refractivity contribution in [1.29, 1.82) is 5.26 Å². The molecule has 1 saturated heterocycles. The first-order valence-corrected chi connectivity index (χ1v) is 9.08. The molecule has 136 valence electrons. The third-order valence-electron chi connectivity index (χ3n) is 4.52. The molecule has 1 aromatic carbocycles. The number of nitrogens with zero attached hydrogens (tertiary/aromatic N) is 3. The third-order valence-corrected chi connectivity index (χ3v) is 4.77. The van der Waals surface area contributed by atoms with Crippen LogP contribution in [0.5, 0.6) is 0 Å². The number of nitriles is 1. The zero-order valence-corrected chi connectivity index (χ0v) is 15.8. The van der Waals surface area contributed by atoms with Crippen molar-refractivity contribution in [3.05, 3.63) is 58.7 Å². The van der Waals surface area contributed by atoms with E-state index in [2.05, 4.69) is 47.3 Å². The van der Waals surface area contributed by atoms with Crippen molar-refractivity contribution in [2.75, 3.05) is 31.6 Å². The van der Waals surface area contributed by atoms with Crippen molar-refractivity contribution in [3.8, 4) is 6.07 Å². The van der Waals surface area contributed by atoms with Gasteiger partial charge in [-0.15, -0.1) is 0 Å². The molecule has 5 nitrogen and oxygen atoms in total. The van der Waals surface area contributed by atoms with Crippen molar-refractivity contribution in [2.45, 2.75) is 25.5 Å². The molecule has 0 bridgehead atoms. The fraction of sp³-hybridized carbons (Fsp3) is 0.400. The highest BCUT2D eigenvalue weighted by Gasteiger charge is 2.32. The summed E-state index contributed by atoms with van der Waals surface area (Å²) in [5, 5.41) is 13.0. The summed E-state index contributed by atoms with van der Waals surface area (Å²) in [5.74, 6) is 0.760. The SMILES string of the molecule is CC1(C)CN(C(CNc2ccc(C#N)cn2)c2ccc(Cl)cc2)CCO1. The number of ether oxygens (including phenoxy) is 1. The number of hydrogen-bond donors (Lipinski definition) is 1. The maximum atomic E-state index is 8.90. The molecule has 2 heterocycles. The molecule has 1 aliphatic heterocycles. The summed E-state index contributed by atoms with van der Waals surface area (Å²) >= 11 is 6.06. The van der Waals surface area contributed by atoms with Crippen LogP contribution in [0.2, 0.25) is 5.02 Å². The Morgan fingerprint density at radius 2 is 2.08 bits per heavy atom. The van der Waals surface area contributed by atoms with E-state index in [1.165, 1.54) is 5.56 Å². The molecule has 1 N–H and O–H groups in total. The smallest absolute Gasteiger partial charge is 0.126 e. The summed E-state index contributed by atoms with van der Waals surface area (Å²) in [7, 11) is 0. The zero-order chi connectivity index (χ0) is 18.6. The van der Waals surface area contributed by atoms with Crippen LogP contribution in [0.3, 0.4) is 0 Å². The van der Waals surface area contributed by atoms with Crippen LogP contribution < -0.4 is 5.32 Å². The van der Waals surface area contributed by atoms with E-state index in [-0.39, 0.29) is 11.6 Å². The van der Waals surface area contributed by atoms with E-state index in [9.17, 15) is 0 Å². The van der Waals surface area contributed by atoms with Crippen molar-refractivity contribution in [1.82, 2.24) is 9.88 Å². The Balaban J connectivity index is 1.78. The van der Waals surface area contributed by atoms with Gasteiger partial charge in [0.15, 0.2) is 0 Å². The summed E-state index contributed by atoms with van der Waals surface area (Å²) in [6.45, 7) is 7.38. The van der Waals surface area contributed by atoms with E-state index in [0.717, 1.165) is 23.9 Å². The topological polar surface area (TPSA) is 61.2 Å². The Kier molecular flexibility index (Phi) is 5.77. The molecule has 0 spiro atoms. The van der Waals surface area contributed by atoms with Crippen LogP contribution in [0.15, 0.2) is 42.6 Å². The Hall–Kier alpha value is -2.13. The number of anilines is 1. The van der Waals surface area contributed by atoms with E-state index in [4.69, 9.17) is 21.6 Å². The molecule has 1 aliphatic rings. The number of hydrogen-bond acceptors (Lipinski definition) is 5. The molecule has 0 amide bonds. The molecule has 1 atom stereocenters. The average molecular weight is 371 g/mol. The average Bonchev–Trinajstić information content (AvgIpc) is 2.63. The predicted molar refractivity (Wildman–Crippen MR) is 103 cm³/mol. The quantitative estimate of drug-likeness (QED) is 0.865. The van der Waals surface area contributed by atoms with Crippen LogP contribution in [0, 0.1) is 11.3 Å². The first kappa shape index (κ1) is 18.7. The van der Waals surface area contributed by atoms with Gasteiger partial charge >= 0.3 is 0 Å². The molecule has 1 unspecified atom stereocenters. The second kappa shape index (κ2) is 8.05. The number of aromatic nitrogens is 1. The van der Waals surface area contributed by atoms with Gasteiger partial charge in [-0.2, -0.15) is 5.26 Å². The van der Waals surface area contributed by atoms with Crippen LogP contribution in [0.4, 0.5) is 5.82 Å². The molecule has 0 saturated carbocycles. The number of nitrogens with one attached hydrogen (secondary N) is 1. The second-order valence-electron chi connectivity index (χ2n) is 7.07. The van der Waals surface area contributed by atoms with E-state index < -0.39 is 0 Å². The molecule has 6 heteroatoms. The minimum atomic E-state index is -0.171. The van der Waals surface area contributed by atoms with Crippen LogP contribution in [-0.2, 0) is 4.74 Å². The molecule has 1 aromatic heterocycles. The minimum absolute atomic E-state index is 0.171. The summed E-state index contributed by atoms with van der Waals surface area (Å²) in [6.07, 6.45) is 1.58. The summed E-state index contributed by atoms with van der Waals surface area (Å²) in [6, 6.07) is 13.9. The molecule has 3 rings (SSSR count). The number of rotatable bonds is 5. The van der Waals surface area contributed by atoms with E-state index in [1.807, 2.05) is 18.2 Å². The van der Waals surface area contributed by atoms with Gasteiger partial charge in [0.05, 0.1) is 23.8 Å². The maximum absolute atomic E-state index is 8.90. The first-order chi connectivity index (χ1) is 12.5. The lowest BCUT2D eigenvalue weighted by Crippen LogP contribution is -2.50. The highest BCUT2D eigenvalue weighted by Crippen LogP contribution is 2.28. The predicted octanol–water partition coefficient (Wildman–Crippen LogP) is 3.87. The molecule has 0 aliphatic carbocycles. The molecule has 1 fully saturated rings. The Labute approximate surface area is 159 Å². The van der Waals surface area contributed by atoms with E-state index >= 15 is 0 Å². The zero-order valence-electron chi connectivity index (χ0n) is 15.1. The Bertz CT molecular complexity index is 768. The number of halogens is 1. The van der Waals surface area contributed by atoms with Gasteiger partial charge in [0.25, 0.3) is 0 Å². The third kappa shape index (κ3) is 4.73.